The van der Waals surface area contributed by atoms with Gasteiger partial charge in [0.1, 0.15) is 0 Å². The lowest BCUT2D eigenvalue weighted by Crippen LogP contribution is -2.38. The van der Waals surface area contributed by atoms with Gasteiger partial charge in [-0.15, -0.1) is 0 Å². The highest BCUT2D eigenvalue weighted by atomic mass is 16.2. The van der Waals surface area contributed by atoms with Crippen LogP contribution in [0.5, 0.6) is 0 Å². The zero-order valence-electron chi connectivity index (χ0n) is 15.2. The number of amides is 2. The number of hydrogen-bond donors (Lipinski definition) is 3. The first-order valence-electron chi connectivity index (χ1n) is 9.51. The van der Waals surface area contributed by atoms with Crippen molar-refractivity contribution in [2.75, 3.05) is 13.1 Å². The van der Waals surface area contributed by atoms with Crippen LogP contribution in [0.1, 0.15) is 62.2 Å². The summed E-state index contributed by atoms with van der Waals surface area (Å²) in [4.78, 5) is 24.0. The van der Waals surface area contributed by atoms with Crippen LogP contribution in [-0.4, -0.2) is 37.0 Å². The average Bonchev–Trinajstić information content (AvgIpc) is 2.63. The Hall–Kier alpha value is -1.88. The maximum absolute atomic E-state index is 12.0. The summed E-state index contributed by atoms with van der Waals surface area (Å²) in [6.07, 6.45) is 7.84. The predicted octanol–water partition coefficient (Wildman–Crippen LogP) is 2.62. The van der Waals surface area contributed by atoms with E-state index in [1.165, 1.54) is 32.1 Å². The third kappa shape index (κ3) is 7.69. The van der Waals surface area contributed by atoms with Gasteiger partial charge in [-0.05, 0) is 44.9 Å². The molecule has 1 atom stereocenters. The van der Waals surface area contributed by atoms with Gasteiger partial charge in [0.05, 0.1) is 0 Å². The van der Waals surface area contributed by atoms with Gasteiger partial charge >= 0.3 is 0 Å². The normalized spacial score (nSPS) is 16.2. The lowest BCUT2D eigenvalue weighted by molar-refractivity contribution is -0.121. The van der Waals surface area contributed by atoms with Crippen LogP contribution in [-0.2, 0) is 4.79 Å². The summed E-state index contributed by atoms with van der Waals surface area (Å²) >= 11 is 0. The molecule has 2 amide bonds. The molecule has 3 N–H and O–H groups in total. The van der Waals surface area contributed by atoms with Crippen molar-refractivity contribution in [1.29, 1.82) is 0 Å². The lowest BCUT2D eigenvalue weighted by Gasteiger charge is -2.22. The molecule has 5 heteroatoms. The zero-order valence-corrected chi connectivity index (χ0v) is 15.2. The molecule has 1 aliphatic carbocycles. The molecule has 2 rings (SSSR count). The second-order valence-corrected chi connectivity index (χ2v) is 6.94. The minimum Gasteiger partial charge on any atom is -0.356 e. The Morgan fingerprint density at radius 1 is 1.08 bits per heavy atom. The van der Waals surface area contributed by atoms with Crippen LogP contribution in [0, 0.1) is 0 Å². The minimum atomic E-state index is -0.187. The second kappa shape index (κ2) is 10.9. The predicted molar refractivity (Wildman–Crippen MR) is 100 cm³/mol. The van der Waals surface area contributed by atoms with Crippen molar-refractivity contribution in [3.8, 4) is 0 Å². The Labute approximate surface area is 151 Å². The van der Waals surface area contributed by atoms with Crippen LogP contribution in [0.4, 0.5) is 0 Å². The Morgan fingerprint density at radius 3 is 2.52 bits per heavy atom. The van der Waals surface area contributed by atoms with Gasteiger partial charge in [-0.2, -0.15) is 0 Å². The topological polar surface area (TPSA) is 70.2 Å². The van der Waals surface area contributed by atoms with Crippen LogP contribution in [0.25, 0.3) is 0 Å². The van der Waals surface area contributed by atoms with E-state index in [-0.39, 0.29) is 17.9 Å². The molecule has 0 heterocycles. The summed E-state index contributed by atoms with van der Waals surface area (Å²) in [5, 5.41) is 9.37. The summed E-state index contributed by atoms with van der Waals surface area (Å²) in [6.45, 7) is 3.48. The third-order valence-electron chi connectivity index (χ3n) is 4.62. The van der Waals surface area contributed by atoms with Gasteiger partial charge in [0.15, 0.2) is 0 Å². The van der Waals surface area contributed by atoms with E-state index in [0.717, 1.165) is 13.0 Å². The van der Waals surface area contributed by atoms with E-state index in [9.17, 15) is 9.59 Å². The van der Waals surface area contributed by atoms with E-state index in [0.29, 0.717) is 24.6 Å². The molecule has 0 radical (unpaired) electrons. The van der Waals surface area contributed by atoms with E-state index in [1.54, 1.807) is 12.1 Å². The Bertz CT molecular complexity index is 527. The van der Waals surface area contributed by atoms with Crippen LogP contribution in [0.15, 0.2) is 30.3 Å². The van der Waals surface area contributed by atoms with Crippen molar-refractivity contribution in [3.63, 3.8) is 0 Å². The van der Waals surface area contributed by atoms with Gasteiger partial charge in [0.2, 0.25) is 5.91 Å². The van der Waals surface area contributed by atoms with Crippen molar-refractivity contribution in [3.05, 3.63) is 35.9 Å². The SMILES string of the molecule is C[C@H](CC(=O)NCCCNC1CCCCC1)NC(=O)c1ccccc1. The van der Waals surface area contributed by atoms with Crippen molar-refractivity contribution >= 4 is 11.8 Å². The average molecular weight is 345 g/mol. The van der Waals surface area contributed by atoms with Crippen LogP contribution < -0.4 is 16.0 Å². The summed E-state index contributed by atoms with van der Waals surface area (Å²) in [5.74, 6) is -0.156. The standard InChI is InChI=1S/C20H31N3O2/c1-16(23-20(25)17-9-4-2-5-10-17)15-19(24)22-14-8-13-21-18-11-6-3-7-12-18/h2,4-5,9-10,16,18,21H,3,6-8,11-15H2,1H3,(H,22,24)(H,23,25)/t16-/m1/s1. The highest BCUT2D eigenvalue weighted by Crippen LogP contribution is 2.17. The molecule has 1 aliphatic rings. The lowest BCUT2D eigenvalue weighted by atomic mass is 9.95. The first-order chi connectivity index (χ1) is 12.1. The van der Waals surface area contributed by atoms with Crippen molar-refractivity contribution in [1.82, 2.24) is 16.0 Å². The van der Waals surface area contributed by atoms with Crippen LogP contribution >= 0.6 is 0 Å². The molecule has 0 aromatic heterocycles. The highest BCUT2D eigenvalue weighted by molar-refractivity contribution is 5.94. The summed E-state index contributed by atoms with van der Waals surface area (Å²) in [5.41, 5.74) is 0.614. The number of nitrogens with one attached hydrogen (secondary N) is 3. The molecule has 25 heavy (non-hydrogen) atoms. The maximum Gasteiger partial charge on any atom is 0.251 e. The van der Waals surface area contributed by atoms with Crippen LogP contribution in [0.2, 0.25) is 0 Å². The van der Waals surface area contributed by atoms with E-state index >= 15 is 0 Å². The van der Waals surface area contributed by atoms with Gasteiger partial charge in [-0.3, -0.25) is 9.59 Å². The number of carbonyl (C=O) groups is 2. The molecule has 1 saturated carbocycles. The molecule has 1 fully saturated rings. The molecule has 0 saturated heterocycles. The van der Waals surface area contributed by atoms with Gasteiger partial charge in [0, 0.05) is 30.6 Å². The molecule has 0 aliphatic heterocycles. The van der Waals surface area contributed by atoms with Crippen LogP contribution in [0.3, 0.4) is 0 Å². The third-order valence-corrected chi connectivity index (χ3v) is 4.62. The van der Waals surface area contributed by atoms with Gasteiger partial charge in [-0.25, -0.2) is 0 Å². The first kappa shape index (κ1) is 19.4. The Balaban J connectivity index is 1.54. The Kier molecular flexibility index (Phi) is 8.46. The molecule has 1 aromatic carbocycles. The second-order valence-electron chi connectivity index (χ2n) is 6.94. The molecular formula is C20H31N3O2. The summed E-state index contributed by atoms with van der Waals surface area (Å²) in [6, 6.07) is 9.53. The molecule has 0 unspecified atom stereocenters. The molecule has 0 spiro atoms. The number of rotatable bonds is 9. The fourth-order valence-corrected chi connectivity index (χ4v) is 3.23. The quantitative estimate of drug-likeness (QED) is 0.603. The van der Waals surface area contributed by atoms with E-state index in [2.05, 4.69) is 16.0 Å². The largest absolute Gasteiger partial charge is 0.356 e. The summed E-state index contributed by atoms with van der Waals surface area (Å²) < 4.78 is 0. The van der Waals surface area contributed by atoms with Crippen molar-refractivity contribution in [2.45, 2.75) is 64.0 Å². The smallest absolute Gasteiger partial charge is 0.251 e. The first-order valence-corrected chi connectivity index (χ1v) is 9.51. The monoisotopic (exact) mass is 345 g/mol. The number of hydrogen-bond acceptors (Lipinski definition) is 3. The molecule has 138 valence electrons. The van der Waals surface area contributed by atoms with E-state index < -0.39 is 0 Å². The van der Waals surface area contributed by atoms with Crippen molar-refractivity contribution in [2.24, 2.45) is 0 Å². The zero-order chi connectivity index (χ0) is 17.9. The van der Waals surface area contributed by atoms with E-state index in [4.69, 9.17) is 0 Å². The molecule has 0 bridgehead atoms. The number of benzene rings is 1. The Morgan fingerprint density at radius 2 is 1.80 bits per heavy atom. The fourth-order valence-electron chi connectivity index (χ4n) is 3.23. The minimum absolute atomic E-state index is 0.0153. The maximum atomic E-state index is 12.0. The molecule has 5 nitrogen and oxygen atoms in total. The molecule has 1 aromatic rings. The number of carbonyl (C=O) groups excluding carboxylic acids is 2. The van der Waals surface area contributed by atoms with Gasteiger partial charge < -0.3 is 16.0 Å². The molecular weight excluding hydrogens is 314 g/mol. The van der Waals surface area contributed by atoms with Gasteiger partial charge in [0.25, 0.3) is 5.91 Å². The highest BCUT2D eigenvalue weighted by Gasteiger charge is 2.13. The van der Waals surface area contributed by atoms with E-state index in [1.807, 2.05) is 25.1 Å². The summed E-state index contributed by atoms with van der Waals surface area (Å²) in [7, 11) is 0. The van der Waals surface area contributed by atoms with Gasteiger partial charge in [-0.1, -0.05) is 37.5 Å². The fraction of sp³-hybridized carbons (Fsp3) is 0.600. The van der Waals surface area contributed by atoms with Crippen molar-refractivity contribution < 1.29 is 9.59 Å².